The van der Waals surface area contributed by atoms with Crippen LogP contribution >= 0.6 is 0 Å². The van der Waals surface area contributed by atoms with Crippen molar-refractivity contribution in [1.82, 2.24) is 9.97 Å². The van der Waals surface area contributed by atoms with Crippen molar-refractivity contribution in [3.8, 4) is 11.8 Å². The molecule has 0 atom stereocenters. The Morgan fingerprint density at radius 1 is 1.82 bits per heavy atom. The molecule has 3 N–H and O–H groups in total. The maximum atomic E-state index is 10.2. The minimum Gasteiger partial charge on any atom is -0.369 e. The molecule has 0 aliphatic carbocycles. The van der Waals surface area contributed by atoms with E-state index in [1.165, 1.54) is 0 Å². The van der Waals surface area contributed by atoms with Crippen molar-refractivity contribution in [2.75, 3.05) is 0 Å². The Labute approximate surface area is 63.8 Å². The van der Waals surface area contributed by atoms with Gasteiger partial charge in [-0.2, -0.15) is 0 Å². The summed E-state index contributed by atoms with van der Waals surface area (Å²) in [4.78, 5) is 16.8. The lowest BCUT2D eigenvalue weighted by molar-refractivity contribution is -0.117. The van der Waals surface area contributed by atoms with Crippen molar-refractivity contribution in [1.29, 1.82) is 0 Å². The molecule has 0 bridgehead atoms. The fourth-order valence-electron chi connectivity index (χ4n) is 0.549. The number of nitrogens with one attached hydrogen (secondary N) is 1. The second-order valence-electron chi connectivity index (χ2n) is 1.88. The zero-order valence-corrected chi connectivity index (χ0v) is 5.79. The third-order valence-electron chi connectivity index (χ3n) is 0.968. The van der Waals surface area contributed by atoms with Crippen molar-refractivity contribution in [2.45, 2.75) is 6.42 Å². The van der Waals surface area contributed by atoms with E-state index < -0.39 is 5.91 Å². The Balaban J connectivity index is 2.52. The largest absolute Gasteiger partial charge is 0.369 e. The molecule has 0 unspecified atom stereocenters. The van der Waals surface area contributed by atoms with Gasteiger partial charge in [0.1, 0.15) is 0 Å². The zero-order valence-electron chi connectivity index (χ0n) is 5.79. The Morgan fingerprint density at radius 3 is 3.18 bits per heavy atom. The van der Waals surface area contributed by atoms with Gasteiger partial charge in [-0.3, -0.25) is 4.79 Å². The van der Waals surface area contributed by atoms with Crippen LogP contribution in [0.25, 0.3) is 0 Å². The van der Waals surface area contributed by atoms with E-state index in [2.05, 4.69) is 21.8 Å². The molecule has 0 aromatic carbocycles. The number of nitrogens with zero attached hydrogens (tertiary/aromatic N) is 1. The molecule has 4 heteroatoms. The van der Waals surface area contributed by atoms with E-state index in [1.807, 2.05) is 0 Å². The van der Waals surface area contributed by atoms with Gasteiger partial charge in [0.15, 0.2) is 5.82 Å². The fourth-order valence-corrected chi connectivity index (χ4v) is 0.549. The quantitative estimate of drug-likeness (QED) is 0.535. The number of amides is 1. The number of carbonyl (C=O) groups is 1. The Kier molecular flexibility index (Phi) is 2.28. The van der Waals surface area contributed by atoms with E-state index in [9.17, 15) is 4.79 Å². The summed E-state index contributed by atoms with van der Waals surface area (Å²) < 4.78 is 0. The van der Waals surface area contributed by atoms with Crippen LogP contribution in [0.3, 0.4) is 0 Å². The summed E-state index contributed by atoms with van der Waals surface area (Å²) in [6.07, 6.45) is 3.32. The summed E-state index contributed by atoms with van der Waals surface area (Å²) in [6, 6.07) is 0. The molecule has 1 rings (SSSR count). The number of rotatable bonds is 1. The molecule has 1 amide bonds. The first-order chi connectivity index (χ1) is 5.29. The van der Waals surface area contributed by atoms with Crippen LogP contribution in [0, 0.1) is 11.8 Å². The summed E-state index contributed by atoms with van der Waals surface area (Å²) in [5.41, 5.74) is 4.86. The lowest BCUT2D eigenvalue weighted by atomic mass is 10.4. The average Bonchev–Trinajstić information content (AvgIpc) is 2.39. The number of imidazole rings is 1. The topological polar surface area (TPSA) is 71.8 Å². The van der Waals surface area contributed by atoms with E-state index in [-0.39, 0.29) is 6.42 Å². The standard InChI is InChI=1S/C7H7N3O/c8-6(11)2-1-3-7-9-4-5-10-7/h4-5H,2H2,(H2,8,11)(H,9,10). The first-order valence-electron chi connectivity index (χ1n) is 3.05. The van der Waals surface area contributed by atoms with Crippen molar-refractivity contribution in [2.24, 2.45) is 5.73 Å². The highest BCUT2D eigenvalue weighted by Gasteiger charge is 1.87. The van der Waals surface area contributed by atoms with Gasteiger partial charge in [-0.05, 0) is 5.92 Å². The monoisotopic (exact) mass is 149 g/mol. The summed E-state index contributed by atoms with van der Waals surface area (Å²) >= 11 is 0. The Hall–Kier alpha value is -1.76. The summed E-state index contributed by atoms with van der Waals surface area (Å²) in [5, 5.41) is 0. The lowest BCUT2D eigenvalue weighted by Crippen LogP contribution is -2.08. The summed E-state index contributed by atoms with van der Waals surface area (Å²) in [7, 11) is 0. The van der Waals surface area contributed by atoms with Crippen molar-refractivity contribution < 1.29 is 4.79 Å². The van der Waals surface area contributed by atoms with Crippen LogP contribution in [-0.4, -0.2) is 15.9 Å². The van der Waals surface area contributed by atoms with Crippen LogP contribution in [0.1, 0.15) is 12.2 Å². The molecule has 4 nitrogen and oxygen atoms in total. The van der Waals surface area contributed by atoms with Gasteiger partial charge in [-0.15, -0.1) is 0 Å². The second-order valence-corrected chi connectivity index (χ2v) is 1.88. The third kappa shape index (κ3) is 2.54. The number of aromatic nitrogens is 2. The van der Waals surface area contributed by atoms with Gasteiger partial charge >= 0.3 is 0 Å². The van der Waals surface area contributed by atoms with Gasteiger partial charge in [-0.1, -0.05) is 5.92 Å². The van der Waals surface area contributed by atoms with Crippen LogP contribution < -0.4 is 5.73 Å². The molecular weight excluding hydrogens is 142 g/mol. The van der Waals surface area contributed by atoms with Crippen LogP contribution in [0.5, 0.6) is 0 Å². The minimum atomic E-state index is -0.427. The van der Waals surface area contributed by atoms with Crippen molar-refractivity contribution in [3.05, 3.63) is 18.2 Å². The maximum absolute atomic E-state index is 10.2. The molecule has 0 spiro atoms. The minimum absolute atomic E-state index is 0.0701. The number of carbonyl (C=O) groups excluding carboxylic acids is 1. The zero-order chi connectivity index (χ0) is 8.10. The molecule has 0 radical (unpaired) electrons. The molecular formula is C7H7N3O. The van der Waals surface area contributed by atoms with E-state index in [0.29, 0.717) is 5.82 Å². The summed E-state index contributed by atoms with van der Waals surface area (Å²) in [6.45, 7) is 0. The first kappa shape index (κ1) is 7.35. The van der Waals surface area contributed by atoms with E-state index >= 15 is 0 Å². The predicted molar refractivity (Wildman–Crippen MR) is 39.3 cm³/mol. The SMILES string of the molecule is NC(=O)CC#Cc1ncc[nH]1. The molecule has 0 aliphatic heterocycles. The normalized spacial score (nSPS) is 8.36. The lowest BCUT2D eigenvalue weighted by Gasteiger charge is -1.78. The van der Waals surface area contributed by atoms with Gasteiger partial charge in [-0.25, -0.2) is 4.98 Å². The molecule has 56 valence electrons. The Morgan fingerprint density at radius 2 is 2.64 bits per heavy atom. The number of H-pyrrole nitrogens is 1. The molecule has 1 aromatic heterocycles. The highest BCUT2D eigenvalue weighted by Crippen LogP contribution is 1.83. The number of nitrogens with two attached hydrogens (primary N) is 1. The van der Waals surface area contributed by atoms with Crippen LogP contribution in [-0.2, 0) is 4.79 Å². The molecule has 1 aromatic rings. The summed E-state index contributed by atoms with van der Waals surface area (Å²) in [5.74, 6) is 5.33. The molecule has 0 saturated heterocycles. The average molecular weight is 149 g/mol. The van der Waals surface area contributed by atoms with Crippen LogP contribution in [0.4, 0.5) is 0 Å². The third-order valence-corrected chi connectivity index (χ3v) is 0.968. The van der Waals surface area contributed by atoms with Gasteiger partial charge in [0.2, 0.25) is 5.91 Å². The molecule has 0 aliphatic rings. The second kappa shape index (κ2) is 3.42. The van der Waals surface area contributed by atoms with E-state index in [4.69, 9.17) is 5.73 Å². The maximum Gasteiger partial charge on any atom is 0.229 e. The smallest absolute Gasteiger partial charge is 0.229 e. The number of hydrogen-bond acceptors (Lipinski definition) is 2. The molecule has 11 heavy (non-hydrogen) atoms. The number of hydrogen-bond donors (Lipinski definition) is 2. The predicted octanol–water partition coefficient (Wildman–Crippen LogP) is -0.363. The highest BCUT2D eigenvalue weighted by atomic mass is 16.1. The highest BCUT2D eigenvalue weighted by molar-refractivity contribution is 5.76. The van der Waals surface area contributed by atoms with Crippen molar-refractivity contribution >= 4 is 5.91 Å². The number of primary amides is 1. The van der Waals surface area contributed by atoms with Gasteiger partial charge in [0.25, 0.3) is 0 Å². The van der Waals surface area contributed by atoms with Gasteiger partial charge in [0, 0.05) is 12.4 Å². The van der Waals surface area contributed by atoms with Crippen LogP contribution in [0.2, 0.25) is 0 Å². The fraction of sp³-hybridized carbons (Fsp3) is 0.143. The first-order valence-corrected chi connectivity index (χ1v) is 3.05. The Bertz CT molecular complexity index is 291. The molecule has 0 fully saturated rings. The van der Waals surface area contributed by atoms with Crippen LogP contribution in [0.15, 0.2) is 12.4 Å². The van der Waals surface area contributed by atoms with E-state index in [0.717, 1.165) is 0 Å². The van der Waals surface area contributed by atoms with E-state index in [1.54, 1.807) is 12.4 Å². The van der Waals surface area contributed by atoms with Gasteiger partial charge < -0.3 is 10.7 Å². The molecule has 0 saturated carbocycles. The van der Waals surface area contributed by atoms with Gasteiger partial charge in [0.05, 0.1) is 6.42 Å². The number of aromatic amines is 1. The molecule has 1 heterocycles. The van der Waals surface area contributed by atoms with Crippen molar-refractivity contribution in [3.63, 3.8) is 0 Å².